The van der Waals surface area contributed by atoms with Gasteiger partial charge in [0.25, 0.3) is 0 Å². The SMILES string of the molecule is CCOC(=O)c1c2n(c3cc(N4CC[C@H](NC(=O)OC(C)(C)C)C4)c(F)cc3c1=O)C(C)S2. The van der Waals surface area contributed by atoms with Gasteiger partial charge in [-0.2, -0.15) is 0 Å². The van der Waals surface area contributed by atoms with Crippen LogP contribution in [0.3, 0.4) is 0 Å². The number of carbonyl (C=O) groups is 2. The van der Waals surface area contributed by atoms with Crippen molar-refractivity contribution in [1.29, 1.82) is 0 Å². The van der Waals surface area contributed by atoms with Crippen molar-refractivity contribution >= 4 is 40.4 Å². The number of carbonyl (C=O) groups excluding carboxylic acids is 2. The van der Waals surface area contributed by atoms with Crippen molar-refractivity contribution in [1.82, 2.24) is 9.88 Å². The lowest BCUT2D eigenvalue weighted by Gasteiger charge is -2.33. The van der Waals surface area contributed by atoms with Gasteiger partial charge in [0.1, 0.15) is 17.0 Å². The summed E-state index contributed by atoms with van der Waals surface area (Å²) >= 11 is 1.41. The first-order chi connectivity index (χ1) is 15.5. The Balaban J connectivity index is 1.65. The maximum atomic E-state index is 15.2. The number of nitrogens with one attached hydrogen (secondary N) is 1. The fourth-order valence-corrected chi connectivity index (χ4v) is 5.38. The van der Waals surface area contributed by atoms with E-state index in [1.54, 1.807) is 33.8 Å². The molecule has 1 fully saturated rings. The highest BCUT2D eigenvalue weighted by Gasteiger charge is 2.35. The van der Waals surface area contributed by atoms with Crippen molar-refractivity contribution < 1.29 is 23.5 Å². The van der Waals surface area contributed by atoms with E-state index >= 15 is 4.39 Å². The second-order valence-electron chi connectivity index (χ2n) is 9.22. The smallest absolute Gasteiger partial charge is 0.407 e. The molecule has 0 spiro atoms. The Bertz CT molecular complexity index is 1190. The molecule has 1 aromatic carbocycles. The first-order valence-electron chi connectivity index (χ1n) is 11.0. The van der Waals surface area contributed by atoms with Gasteiger partial charge in [0.05, 0.1) is 34.3 Å². The van der Waals surface area contributed by atoms with Crippen LogP contribution in [0.5, 0.6) is 0 Å². The van der Waals surface area contributed by atoms with E-state index in [0.29, 0.717) is 35.7 Å². The third kappa shape index (κ3) is 4.40. The van der Waals surface area contributed by atoms with Gasteiger partial charge in [-0.1, -0.05) is 11.8 Å². The highest BCUT2D eigenvalue weighted by atomic mass is 32.2. The Kier molecular flexibility index (Phi) is 6.07. The van der Waals surface area contributed by atoms with Gasteiger partial charge in [0.2, 0.25) is 5.43 Å². The van der Waals surface area contributed by atoms with Gasteiger partial charge in [0.15, 0.2) is 0 Å². The number of hydrogen-bond donors (Lipinski definition) is 1. The summed E-state index contributed by atoms with van der Waals surface area (Å²) in [5.41, 5.74) is -0.223. The minimum absolute atomic E-state index is 0.00486. The number of halogens is 1. The maximum Gasteiger partial charge on any atom is 0.407 e. The average Bonchev–Trinajstić information content (AvgIpc) is 3.14. The second kappa shape index (κ2) is 8.55. The number of amides is 1. The van der Waals surface area contributed by atoms with Crippen LogP contribution in [-0.2, 0) is 9.47 Å². The lowest BCUT2D eigenvalue weighted by Crippen LogP contribution is -2.40. The summed E-state index contributed by atoms with van der Waals surface area (Å²) in [6, 6.07) is 2.69. The van der Waals surface area contributed by atoms with E-state index in [-0.39, 0.29) is 29.0 Å². The number of rotatable bonds is 4. The van der Waals surface area contributed by atoms with Gasteiger partial charge in [-0.15, -0.1) is 0 Å². The highest BCUT2D eigenvalue weighted by molar-refractivity contribution is 8.00. The van der Waals surface area contributed by atoms with E-state index in [0.717, 1.165) is 0 Å². The number of anilines is 1. The van der Waals surface area contributed by atoms with E-state index in [4.69, 9.17) is 9.47 Å². The molecule has 4 rings (SSSR count). The molecule has 0 saturated carbocycles. The van der Waals surface area contributed by atoms with Gasteiger partial charge in [-0.05, 0) is 53.2 Å². The highest BCUT2D eigenvalue weighted by Crippen LogP contribution is 2.47. The minimum Gasteiger partial charge on any atom is -0.462 e. The van der Waals surface area contributed by atoms with Crippen molar-refractivity contribution in [2.45, 2.75) is 63.1 Å². The Morgan fingerprint density at radius 2 is 2.03 bits per heavy atom. The Hall–Kier alpha value is -2.75. The van der Waals surface area contributed by atoms with Gasteiger partial charge < -0.3 is 24.3 Å². The molecule has 1 unspecified atom stereocenters. The average molecular weight is 478 g/mol. The van der Waals surface area contributed by atoms with Gasteiger partial charge in [-0.25, -0.2) is 14.0 Å². The van der Waals surface area contributed by atoms with Crippen molar-refractivity contribution in [2.24, 2.45) is 0 Å². The largest absolute Gasteiger partial charge is 0.462 e. The number of fused-ring (bicyclic) bond motifs is 3. The van der Waals surface area contributed by atoms with Crippen LogP contribution in [0.1, 0.15) is 56.8 Å². The Morgan fingerprint density at radius 1 is 1.30 bits per heavy atom. The van der Waals surface area contributed by atoms with E-state index in [1.807, 2.05) is 16.4 Å². The van der Waals surface area contributed by atoms with E-state index in [2.05, 4.69) is 5.32 Å². The molecule has 1 aromatic heterocycles. The summed E-state index contributed by atoms with van der Waals surface area (Å²) < 4.78 is 27.4. The van der Waals surface area contributed by atoms with Crippen LogP contribution in [-0.4, -0.2) is 48.0 Å². The van der Waals surface area contributed by atoms with Crippen LogP contribution in [0.4, 0.5) is 14.9 Å². The molecule has 33 heavy (non-hydrogen) atoms. The number of alkyl carbamates (subject to hydrolysis) is 1. The number of esters is 1. The molecule has 0 radical (unpaired) electrons. The maximum absolute atomic E-state index is 15.2. The number of thioether (sulfide) groups is 1. The summed E-state index contributed by atoms with van der Waals surface area (Å²) in [5.74, 6) is -1.24. The molecule has 2 atom stereocenters. The van der Waals surface area contributed by atoms with Crippen LogP contribution in [0.25, 0.3) is 10.9 Å². The number of benzene rings is 1. The molecule has 0 aliphatic carbocycles. The van der Waals surface area contributed by atoms with Crippen molar-refractivity contribution in [2.75, 3.05) is 24.6 Å². The number of pyridine rings is 1. The molecule has 10 heteroatoms. The summed E-state index contributed by atoms with van der Waals surface area (Å²) in [7, 11) is 0. The first kappa shape index (κ1) is 23.4. The fourth-order valence-electron chi connectivity index (χ4n) is 4.23. The molecule has 0 bridgehead atoms. The Labute approximate surface area is 195 Å². The fraction of sp³-hybridized carbons (Fsp3) is 0.522. The number of hydrogen-bond acceptors (Lipinski definition) is 7. The van der Waals surface area contributed by atoms with Gasteiger partial charge in [-0.3, -0.25) is 4.79 Å². The zero-order valence-electron chi connectivity index (χ0n) is 19.4. The normalized spacial score (nSPS) is 19.8. The molecule has 1 N–H and O–H groups in total. The van der Waals surface area contributed by atoms with Gasteiger partial charge in [0, 0.05) is 18.5 Å². The van der Waals surface area contributed by atoms with Crippen LogP contribution in [0.2, 0.25) is 0 Å². The van der Waals surface area contributed by atoms with E-state index < -0.39 is 28.9 Å². The minimum atomic E-state index is -0.687. The standard InChI is InChI=1S/C23H28FN3O5S/c1-6-31-21(29)18-19(28)14-9-15(24)17(10-16(14)27-12(2)33-20(18)27)26-8-7-13(11-26)25-22(30)32-23(3,4)5/h9-10,12-13H,6-8,11H2,1-5H3,(H,25,30)/t12?,13-/m0/s1. The molecule has 3 heterocycles. The van der Waals surface area contributed by atoms with E-state index in [1.165, 1.54) is 17.8 Å². The number of aromatic nitrogens is 1. The molecular formula is C23H28FN3O5S. The zero-order chi connectivity index (χ0) is 24.1. The second-order valence-corrected chi connectivity index (χ2v) is 10.5. The molecule has 2 aliphatic rings. The molecule has 1 saturated heterocycles. The van der Waals surface area contributed by atoms with Gasteiger partial charge >= 0.3 is 12.1 Å². The quantitative estimate of drug-likeness (QED) is 0.665. The summed E-state index contributed by atoms with van der Waals surface area (Å²) in [6.07, 6.45) is 0.140. The van der Waals surface area contributed by atoms with Crippen molar-refractivity contribution in [3.8, 4) is 0 Å². The van der Waals surface area contributed by atoms with Crippen LogP contribution in [0, 0.1) is 5.82 Å². The number of nitrogens with zero attached hydrogens (tertiary/aromatic N) is 2. The molecular weight excluding hydrogens is 449 g/mol. The monoisotopic (exact) mass is 477 g/mol. The van der Waals surface area contributed by atoms with Crippen LogP contribution < -0.4 is 15.6 Å². The third-order valence-corrected chi connectivity index (χ3v) is 6.78. The molecule has 8 nitrogen and oxygen atoms in total. The molecule has 2 aromatic rings. The van der Waals surface area contributed by atoms with Crippen molar-refractivity contribution in [3.05, 3.63) is 33.7 Å². The topological polar surface area (TPSA) is 89.9 Å². The summed E-state index contributed by atoms with van der Waals surface area (Å²) in [5, 5.41) is 3.53. The molecule has 178 valence electrons. The predicted molar refractivity (Wildman–Crippen MR) is 125 cm³/mol. The van der Waals surface area contributed by atoms with Crippen LogP contribution in [0.15, 0.2) is 22.0 Å². The Morgan fingerprint density at radius 3 is 2.67 bits per heavy atom. The van der Waals surface area contributed by atoms with Crippen molar-refractivity contribution in [3.63, 3.8) is 0 Å². The first-order valence-corrected chi connectivity index (χ1v) is 11.9. The third-order valence-electron chi connectivity index (χ3n) is 5.60. The summed E-state index contributed by atoms with van der Waals surface area (Å²) in [4.78, 5) is 39.4. The van der Waals surface area contributed by atoms with E-state index in [9.17, 15) is 14.4 Å². The predicted octanol–water partition coefficient (Wildman–Crippen LogP) is 4.04. The lowest BCUT2D eigenvalue weighted by atomic mass is 10.1. The van der Waals surface area contributed by atoms with Crippen LogP contribution >= 0.6 is 11.8 Å². The molecule has 2 aliphatic heterocycles. The summed E-state index contributed by atoms with van der Waals surface area (Å²) in [6.45, 7) is 10.1. The lowest BCUT2D eigenvalue weighted by molar-refractivity contribution is 0.0502. The molecule has 1 amide bonds. The number of ether oxygens (including phenoxy) is 2. The zero-order valence-corrected chi connectivity index (χ0v) is 20.2.